The number of aromatic hydroxyl groups is 1. The summed E-state index contributed by atoms with van der Waals surface area (Å²) in [6, 6.07) is 18.6. The minimum atomic E-state index is -1.41. The van der Waals surface area contributed by atoms with Crippen molar-refractivity contribution in [2.45, 2.75) is 56.3 Å². The highest BCUT2D eigenvalue weighted by Gasteiger charge is 2.31. The summed E-state index contributed by atoms with van der Waals surface area (Å²) in [6.07, 6.45) is -0.692. The minimum absolute atomic E-state index is 0.0311. The standard InChI is InChI=1S/C32H36N4O8/c33-24(17-22-11-13-23(37)14-12-22)29(40)35-26(18-20-7-3-1-4-8-20)31(42)34-25(15-16-28(38)39)30(41)36-27(32(43)44)19-21-9-5-2-6-10-21/h1-14,24-27,37H,15-19,33H2,(H,34,42)(H,35,40)(H,36,41)(H,38,39)(H,43,44). The third-order valence-electron chi connectivity index (χ3n) is 6.82. The number of phenols is 1. The number of nitrogens with one attached hydrogen (secondary N) is 3. The normalized spacial score (nSPS) is 13.5. The lowest BCUT2D eigenvalue weighted by Gasteiger charge is -2.25. The number of aliphatic carboxylic acids is 2. The molecule has 3 aromatic rings. The fourth-order valence-corrected chi connectivity index (χ4v) is 4.45. The summed E-state index contributed by atoms with van der Waals surface area (Å²) < 4.78 is 0. The Bertz CT molecular complexity index is 1420. The zero-order valence-electron chi connectivity index (χ0n) is 23.9. The molecule has 0 bridgehead atoms. The van der Waals surface area contributed by atoms with Crippen molar-refractivity contribution in [3.8, 4) is 5.75 Å². The highest BCUT2D eigenvalue weighted by atomic mass is 16.4. The summed E-state index contributed by atoms with van der Waals surface area (Å²) in [6.45, 7) is 0. The molecule has 0 spiro atoms. The quantitative estimate of drug-likeness (QED) is 0.125. The molecule has 0 heterocycles. The van der Waals surface area contributed by atoms with Crippen LogP contribution in [0.2, 0.25) is 0 Å². The number of phenolic OH excluding ortho intramolecular Hbond substituents is 1. The molecular formula is C32H36N4O8. The number of benzene rings is 3. The Kier molecular flexibility index (Phi) is 12.4. The van der Waals surface area contributed by atoms with E-state index >= 15 is 0 Å². The van der Waals surface area contributed by atoms with Gasteiger partial charge in [0.05, 0.1) is 6.04 Å². The van der Waals surface area contributed by atoms with Crippen molar-refractivity contribution in [2.75, 3.05) is 0 Å². The Morgan fingerprint density at radius 2 is 1.05 bits per heavy atom. The maximum Gasteiger partial charge on any atom is 0.326 e. The van der Waals surface area contributed by atoms with Crippen molar-refractivity contribution in [1.82, 2.24) is 16.0 Å². The van der Waals surface area contributed by atoms with Crippen LogP contribution in [0, 0.1) is 0 Å². The third-order valence-corrected chi connectivity index (χ3v) is 6.82. The Hall–Kier alpha value is -5.23. The molecule has 44 heavy (non-hydrogen) atoms. The highest BCUT2D eigenvalue weighted by Crippen LogP contribution is 2.12. The van der Waals surface area contributed by atoms with Crippen molar-refractivity contribution >= 4 is 29.7 Å². The van der Waals surface area contributed by atoms with E-state index in [2.05, 4.69) is 16.0 Å². The number of carbonyl (C=O) groups excluding carboxylic acids is 3. The molecule has 4 atom stereocenters. The van der Waals surface area contributed by atoms with Gasteiger partial charge in [-0.15, -0.1) is 0 Å². The fraction of sp³-hybridized carbons (Fsp3) is 0.281. The van der Waals surface area contributed by atoms with E-state index in [4.69, 9.17) is 5.73 Å². The molecule has 4 unspecified atom stereocenters. The van der Waals surface area contributed by atoms with Crippen LogP contribution in [0.4, 0.5) is 0 Å². The lowest BCUT2D eigenvalue weighted by molar-refractivity contribution is -0.143. The Labute approximate surface area is 254 Å². The molecule has 0 aliphatic carbocycles. The van der Waals surface area contributed by atoms with Gasteiger partial charge in [-0.05, 0) is 41.7 Å². The van der Waals surface area contributed by atoms with Gasteiger partial charge in [0.15, 0.2) is 0 Å². The average Bonchev–Trinajstić information content (AvgIpc) is 3.00. The van der Waals surface area contributed by atoms with E-state index in [1.807, 2.05) is 0 Å². The lowest BCUT2D eigenvalue weighted by atomic mass is 10.0. The first-order valence-electron chi connectivity index (χ1n) is 14.0. The molecule has 0 aliphatic rings. The molecule has 0 saturated heterocycles. The molecule has 3 rings (SSSR count). The molecule has 3 aromatic carbocycles. The Morgan fingerprint density at radius 1 is 0.591 bits per heavy atom. The molecule has 12 nitrogen and oxygen atoms in total. The van der Waals surface area contributed by atoms with E-state index in [1.165, 1.54) is 12.1 Å². The molecular weight excluding hydrogens is 568 g/mol. The van der Waals surface area contributed by atoms with Gasteiger partial charge in [-0.2, -0.15) is 0 Å². The molecule has 0 aromatic heterocycles. The number of carboxylic acid groups (broad SMARTS) is 2. The van der Waals surface area contributed by atoms with Crippen molar-refractivity contribution in [3.05, 3.63) is 102 Å². The molecule has 8 N–H and O–H groups in total. The topological polar surface area (TPSA) is 208 Å². The van der Waals surface area contributed by atoms with E-state index in [0.29, 0.717) is 16.7 Å². The van der Waals surface area contributed by atoms with Crippen molar-refractivity contribution in [3.63, 3.8) is 0 Å². The van der Waals surface area contributed by atoms with E-state index in [1.54, 1.807) is 72.8 Å². The van der Waals surface area contributed by atoms with Crippen LogP contribution in [-0.4, -0.2) is 69.1 Å². The monoisotopic (exact) mass is 604 g/mol. The molecule has 0 aliphatic heterocycles. The van der Waals surface area contributed by atoms with Gasteiger partial charge >= 0.3 is 11.9 Å². The molecule has 0 saturated carbocycles. The first-order chi connectivity index (χ1) is 21.0. The molecule has 3 amide bonds. The van der Waals surface area contributed by atoms with Gasteiger partial charge in [-0.3, -0.25) is 19.2 Å². The number of nitrogens with two attached hydrogens (primary N) is 1. The van der Waals surface area contributed by atoms with Crippen LogP contribution in [-0.2, 0) is 43.2 Å². The van der Waals surface area contributed by atoms with Crippen molar-refractivity contribution in [1.29, 1.82) is 0 Å². The van der Waals surface area contributed by atoms with Gasteiger partial charge in [0.1, 0.15) is 23.9 Å². The predicted octanol–water partition coefficient (Wildman–Crippen LogP) is 1.15. The molecule has 0 fully saturated rings. The van der Waals surface area contributed by atoms with Gasteiger partial charge in [-0.1, -0.05) is 72.8 Å². The minimum Gasteiger partial charge on any atom is -0.508 e. The van der Waals surface area contributed by atoms with E-state index in [9.17, 15) is 39.3 Å². The maximum atomic E-state index is 13.5. The number of hydrogen-bond donors (Lipinski definition) is 7. The van der Waals surface area contributed by atoms with Crippen molar-refractivity contribution in [2.24, 2.45) is 5.73 Å². The fourth-order valence-electron chi connectivity index (χ4n) is 4.45. The van der Waals surface area contributed by atoms with Crippen LogP contribution in [0.3, 0.4) is 0 Å². The second kappa shape index (κ2) is 16.4. The van der Waals surface area contributed by atoms with Crippen LogP contribution in [0.1, 0.15) is 29.5 Å². The average molecular weight is 605 g/mol. The first kappa shape index (κ1) is 33.3. The SMILES string of the molecule is NC(Cc1ccc(O)cc1)C(=O)NC(Cc1ccccc1)C(=O)NC(CCC(=O)O)C(=O)NC(Cc1ccccc1)C(=O)O. The number of carbonyl (C=O) groups is 5. The smallest absolute Gasteiger partial charge is 0.326 e. The van der Waals surface area contributed by atoms with E-state index in [0.717, 1.165) is 0 Å². The summed E-state index contributed by atoms with van der Waals surface area (Å²) in [7, 11) is 0. The largest absolute Gasteiger partial charge is 0.508 e. The van der Waals surface area contributed by atoms with Gasteiger partial charge < -0.3 is 37.0 Å². The molecule has 0 radical (unpaired) electrons. The molecule has 12 heteroatoms. The Morgan fingerprint density at radius 3 is 1.57 bits per heavy atom. The predicted molar refractivity (Wildman–Crippen MR) is 160 cm³/mol. The second-order valence-corrected chi connectivity index (χ2v) is 10.3. The van der Waals surface area contributed by atoms with E-state index in [-0.39, 0.29) is 31.4 Å². The maximum absolute atomic E-state index is 13.5. The summed E-state index contributed by atoms with van der Waals surface area (Å²) >= 11 is 0. The van der Waals surface area contributed by atoms with Crippen molar-refractivity contribution < 1.29 is 39.3 Å². The second-order valence-electron chi connectivity index (χ2n) is 10.3. The van der Waals surface area contributed by atoms with Gasteiger partial charge in [0, 0.05) is 19.3 Å². The van der Waals surface area contributed by atoms with Gasteiger partial charge in [0.25, 0.3) is 0 Å². The van der Waals surface area contributed by atoms with Crippen LogP contribution in [0.5, 0.6) is 5.75 Å². The van der Waals surface area contributed by atoms with Crippen LogP contribution in [0.15, 0.2) is 84.9 Å². The van der Waals surface area contributed by atoms with Crippen LogP contribution >= 0.6 is 0 Å². The third kappa shape index (κ3) is 10.9. The Balaban J connectivity index is 1.77. The number of amides is 3. The van der Waals surface area contributed by atoms with Gasteiger partial charge in [-0.25, -0.2) is 4.79 Å². The highest BCUT2D eigenvalue weighted by molar-refractivity contribution is 5.94. The molecule has 232 valence electrons. The summed E-state index contributed by atoms with van der Waals surface area (Å²) in [4.78, 5) is 63.1. The van der Waals surface area contributed by atoms with Crippen LogP contribution < -0.4 is 21.7 Å². The number of hydrogen-bond acceptors (Lipinski definition) is 7. The zero-order valence-corrected chi connectivity index (χ0v) is 23.9. The van der Waals surface area contributed by atoms with Crippen LogP contribution in [0.25, 0.3) is 0 Å². The zero-order chi connectivity index (χ0) is 32.1. The first-order valence-corrected chi connectivity index (χ1v) is 14.0. The summed E-state index contributed by atoms with van der Waals surface area (Å²) in [5.74, 6) is -4.76. The lowest BCUT2D eigenvalue weighted by Crippen LogP contribution is -2.58. The van der Waals surface area contributed by atoms with Gasteiger partial charge in [0.2, 0.25) is 17.7 Å². The van der Waals surface area contributed by atoms with E-state index < -0.39 is 60.2 Å². The number of carboxylic acids is 2. The summed E-state index contributed by atoms with van der Waals surface area (Å²) in [5.41, 5.74) is 8.15. The number of rotatable bonds is 16. The summed E-state index contributed by atoms with van der Waals surface area (Å²) in [5, 5.41) is 36.0.